The van der Waals surface area contributed by atoms with Crippen LogP contribution in [0.25, 0.3) is 11.0 Å². The second-order valence-corrected chi connectivity index (χ2v) is 10.3. The number of carbonyl (C=O) groups is 1. The number of rotatable bonds is 7. The predicted octanol–water partition coefficient (Wildman–Crippen LogP) is 6.70. The van der Waals surface area contributed by atoms with Crippen LogP contribution in [0.5, 0.6) is 11.5 Å². The molecule has 2 aromatic carbocycles. The van der Waals surface area contributed by atoms with Crippen LogP contribution in [-0.2, 0) is 11.2 Å². The Labute approximate surface area is 207 Å². The third-order valence-electron chi connectivity index (χ3n) is 6.51. The van der Waals surface area contributed by atoms with Gasteiger partial charge in [0.2, 0.25) is 5.95 Å². The summed E-state index contributed by atoms with van der Waals surface area (Å²) in [5.41, 5.74) is 2.58. The van der Waals surface area contributed by atoms with Gasteiger partial charge in [0.25, 0.3) is 0 Å². The maximum Gasteiger partial charge on any atom is 0.573 e. The van der Waals surface area contributed by atoms with Crippen molar-refractivity contribution in [3.05, 3.63) is 42.0 Å². The van der Waals surface area contributed by atoms with Crippen LogP contribution in [0, 0.1) is 11.3 Å². The molecule has 2 atom stereocenters. The number of nitrogens with one attached hydrogen (secondary N) is 1. The van der Waals surface area contributed by atoms with Crippen molar-refractivity contribution in [3.63, 3.8) is 0 Å². The number of ether oxygens (including phenoxy) is 2. The number of anilines is 2. The van der Waals surface area contributed by atoms with E-state index in [-0.39, 0.29) is 23.6 Å². The van der Waals surface area contributed by atoms with Crippen LogP contribution in [0.1, 0.15) is 51.6 Å². The van der Waals surface area contributed by atoms with Gasteiger partial charge in [0.05, 0.1) is 24.6 Å². The molecule has 1 heterocycles. The van der Waals surface area contributed by atoms with E-state index in [2.05, 4.69) is 35.4 Å². The van der Waals surface area contributed by atoms with Gasteiger partial charge in [0.1, 0.15) is 11.5 Å². The topological polar surface area (TPSA) is 85.6 Å². The second kappa shape index (κ2) is 9.55. The van der Waals surface area contributed by atoms with Crippen molar-refractivity contribution < 1.29 is 32.5 Å². The number of fused-ring (bicyclic) bond motifs is 1. The van der Waals surface area contributed by atoms with Crippen LogP contribution >= 0.6 is 0 Å². The standard InChI is InChI=1S/C26H30F3N3O4/c1-15-9-18(14-25(2,3)13-15)32-21-12-22(35-4)16(11-23(33)34)10-20(21)31-24(32)30-17-5-7-19(8-6-17)36-26(27,28)29/h5-8,10,12,15,18H,9,11,13-14H2,1-4H3,(H,30,31)(H,33,34)/t15-,18-/m0/s1. The lowest BCUT2D eigenvalue weighted by molar-refractivity contribution is -0.274. The average Bonchev–Trinajstić information content (AvgIpc) is 3.08. The monoisotopic (exact) mass is 505 g/mol. The summed E-state index contributed by atoms with van der Waals surface area (Å²) in [7, 11) is 1.50. The quantitative estimate of drug-likeness (QED) is 0.372. The molecule has 0 radical (unpaired) electrons. The largest absolute Gasteiger partial charge is 0.573 e. The molecule has 1 aliphatic carbocycles. The number of aromatic nitrogens is 2. The molecule has 0 unspecified atom stereocenters. The number of hydrogen-bond donors (Lipinski definition) is 2. The van der Waals surface area contributed by atoms with Gasteiger partial charge in [-0.2, -0.15) is 0 Å². The molecule has 7 nitrogen and oxygen atoms in total. The number of nitrogens with zero attached hydrogens (tertiary/aromatic N) is 2. The van der Waals surface area contributed by atoms with Gasteiger partial charge in [0.15, 0.2) is 0 Å². The first-order valence-electron chi connectivity index (χ1n) is 11.8. The summed E-state index contributed by atoms with van der Waals surface area (Å²) in [5, 5.41) is 12.6. The first kappa shape index (κ1) is 25.7. The zero-order valence-electron chi connectivity index (χ0n) is 20.6. The Hall–Kier alpha value is -3.43. The Morgan fingerprint density at radius 2 is 1.92 bits per heavy atom. The van der Waals surface area contributed by atoms with Crippen molar-refractivity contribution >= 4 is 28.6 Å². The van der Waals surface area contributed by atoms with Crippen molar-refractivity contribution in [2.45, 2.75) is 58.9 Å². The predicted molar refractivity (Wildman–Crippen MR) is 130 cm³/mol. The van der Waals surface area contributed by atoms with E-state index in [1.54, 1.807) is 6.07 Å². The number of imidazole rings is 1. The fourth-order valence-corrected chi connectivity index (χ4v) is 5.48. The van der Waals surface area contributed by atoms with Crippen LogP contribution in [-0.4, -0.2) is 34.1 Å². The maximum atomic E-state index is 12.5. The minimum Gasteiger partial charge on any atom is -0.496 e. The van der Waals surface area contributed by atoms with Crippen LogP contribution in [0.3, 0.4) is 0 Å². The van der Waals surface area contributed by atoms with Crippen molar-refractivity contribution in [1.29, 1.82) is 0 Å². The van der Waals surface area contributed by atoms with Gasteiger partial charge in [-0.15, -0.1) is 13.2 Å². The third kappa shape index (κ3) is 5.85. The van der Waals surface area contributed by atoms with E-state index >= 15 is 0 Å². The molecule has 4 rings (SSSR count). The highest BCUT2D eigenvalue weighted by Gasteiger charge is 2.35. The molecule has 1 fully saturated rings. The van der Waals surface area contributed by atoms with Gasteiger partial charge in [-0.05, 0) is 60.9 Å². The van der Waals surface area contributed by atoms with E-state index in [4.69, 9.17) is 9.72 Å². The SMILES string of the molecule is COc1cc2c(cc1CC(=O)O)nc(Nc1ccc(OC(F)(F)F)cc1)n2[C@H]1C[C@H](C)CC(C)(C)C1. The van der Waals surface area contributed by atoms with Gasteiger partial charge < -0.3 is 24.5 Å². The highest BCUT2D eigenvalue weighted by Crippen LogP contribution is 2.46. The van der Waals surface area contributed by atoms with Gasteiger partial charge in [-0.3, -0.25) is 4.79 Å². The normalized spacial score (nSPS) is 19.8. The van der Waals surface area contributed by atoms with Crippen LogP contribution in [0.2, 0.25) is 0 Å². The summed E-state index contributed by atoms with van der Waals surface area (Å²) >= 11 is 0. The lowest BCUT2D eigenvalue weighted by atomic mass is 9.70. The molecule has 36 heavy (non-hydrogen) atoms. The van der Waals surface area contributed by atoms with Crippen LogP contribution in [0.4, 0.5) is 24.8 Å². The van der Waals surface area contributed by atoms with E-state index in [9.17, 15) is 23.1 Å². The number of hydrogen-bond acceptors (Lipinski definition) is 5. The fourth-order valence-electron chi connectivity index (χ4n) is 5.48. The van der Waals surface area contributed by atoms with E-state index < -0.39 is 12.3 Å². The number of carboxylic acids is 1. The summed E-state index contributed by atoms with van der Waals surface area (Å²) in [6.07, 6.45) is -2.02. The smallest absolute Gasteiger partial charge is 0.496 e. The molecule has 0 amide bonds. The van der Waals surface area contributed by atoms with E-state index in [1.165, 1.54) is 31.4 Å². The summed E-state index contributed by atoms with van der Waals surface area (Å²) in [4.78, 5) is 16.2. The van der Waals surface area contributed by atoms with Crippen molar-refractivity contribution in [2.24, 2.45) is 11.3 Å². The molecule has 1 saturated carbocycles. The zero-order chi connectivity index (χ0) is 26.3. The number of aliphatic carboxylic acids is 1. The summed E-state index contributed by atoms with van der Waals surface area (Å²) in [6.45, 7) is 6.71. The van der Waals surface area contributed by atoms with Crippen molar-refractivity contribution in [1.82, 2.24) is 9.55 Å². The van der Waals surface area contributed by atoms with E-state index in [0.29, 0.717) is 34.4 Å². The van der Waals surface area contributed by atoms with Crippen molar-refractivity contribution in [3.8, 4) is 11.5 Å². The Balaban J connectivity index is 1.78. The number of halogens is 3. The Bertz CT molecular complexity index is 1250. The summed E-state index contributed by atoms with van der Waals surface area (Å²) in [6, 6.07) is 9.12. The third-order valence-corrected chi connectivity index (χ3v) is 6.51. The summed E-state index contributed by atoms with van der Waals surface area (Å²) < 4.78 is 49.2. The highest BCUT2D eigenvalue weighted by atomic mass is 19.4. The average molecular weight is 506 g/mol. The van der Waals surface area contributed by atoms with Gasteiger partial charge in [-0.25, -0.2) is 4.98 Å². The lowest BCUT2D eigenvalue weighted by Gasteiger charge is -2.40. The first-order chi connectivity index (χ1) is 16.8. The van der Waals surface area contributed by atoms with Gasteiger partial charge >= 0.3 is 12.3 Å². The fraction of sp³-hybridized carbons (Fsp3) is 0.462. The number of methoxy groups -OCH3 is 1. The van der Waals surface area contributed by atoms with E-state index in [1.807, 2.05) is 6.07 Å². The highest BCUT2D eigenvalue weighted by molar-refractivity contribution is 5.84. The van der Waals surface area contributed by atoms with E-state index in [0.717, 1.165) is 24.8 Å². The van der Waals surface area contributed by atoms with Crippen LogP contribution < -0.4 is 14.8 Å². The molecule has 0 bridgehead atoms. The number of carboxylic acid groups (broad SMARTS) is 1. The Morgan fingerprint density at radius 1 is 1.22 bits per heavy atom. The Kier molecular flexibility index (Phi) is 6.81. The molecule has 1 aromatic heterocycles. The minimum atomic E-state index is -4.76. The number of benzene rings is 2. The molecular formula is C26H30F3N3O4. The molecule has 0 aliphatic heterocycles. The number of alkyl halides is 3. The summed E-state index contributed by atoms with van der Waals surface area (Å²) in [5.74, 6) is 0.186. The first-order valence-corrected chi connectivity index (χ1v) is 11.8. The minimum absolute atomic E-state index is 0.110. The Morgan fingerprint density at radius 3 is 2.50 bits per heavy atom. The lowest BCUT2D eigenvalue weighted by Crippen LogP contribution is -2.29. The molecule has 2 N–H and O–H groups in total. The molecule has 194 valence electrons. The second-order valence-electron chi connectivity index (χ2n) is 10.3. The molecule has 3 aromatic rings. The van der Waals surface area contributed by atoms with Gasteiger partial charge in [0, 0.05) is 23.4 Å². The zero-order valence-corrected chi connectivity index (χ0v) is 20.6. The van der Waals surface area contributed by atoms with Crippen LogP contribution in [0.15, 0.2) is 36.4 Å². The molecule has 10 heteroatoms. The molecule has 0 saturated heterocycles. The molecular weight excluding hydrogens is 475 g/mol. The maximum absolute atomic E-state index is 12.5. The molecule has 0 spiro atoms. The molecule has 1 aliphatic rings. The van der Waals surface area contributed by atoms with Gasteiger partial charge in [-0.1, -0.05) is 20.8 Å². The van der Waals surface area contributed by atoms with Crippen molar-refractivity contribution in [2.75, 3.05) is 12.4 Å².